The molecule has 0 aliphatic rings. The van der Waals surface area contributed by atoms with Crippen LogP contribution in [0.15, 0.2) is 60.7 Å². The molecule has 0 radical (unpaired) electrons. The van der Waals surface area contributed by atoms with Crippen LogP contribution in [0.25, 0.3) is 0 Å². The van der Waals surface area contributed by atoms with Gasteiger partial charge in [-0.25, -0.2) is 0 Å². The summed E-state index contributed by atoms with van der Waals surface area (Å²) in [5, 5.41) is 1.41. The molecule has 0 aromatic heterocycles. The minimum Gasteiger partial charge on any atom is -0.299 e. The van der Waals surface area contributed by atoms with E-state index in [0.717, 1.165) is 0 Å². The van der Waals surface area contributed by atoms with E-state index in [1.807, 2.05) is 26.8 Å². The van der Waals surface area contributed by atoms with Gasteiger partial charge in [-0.05, 0) is 11.1 Å². The predicted molar refractivity (Wildman–Crippen MR) is 102 cm³/mol. The summed E-state index contributed by atoms with van der Waals surface area (Å²) >= 11 is 0. The Kier molecular flexibility index (Phi) is 5.25. The Morgan fingerprint density at radius 3 is 1.87 bits per heavy atom. The van der Waals surface area contributed by atoms with Crippen LogP contribution in [0.4, 0.5) is 0 Å². The normalized spacial score (nSPS) is 13.6. The van der Waals surface area contributed by atoms with Crippen LogP contribution < -0.4 is 5.19 Å². The maximum absolute atomic E-state index is 12.7. The van der Waals surface area contributed by atoms with Crippen molar-refractivity contribution in [3.63, 3.8) is 0 Å². The molecule has 0 N–H and O–H groups in total. The van der Waals surface area contributed by atoms with Gasteiger partial charge in [0.1, 0.15) is 5.78 Å². The maximum atomic E-state index is 12.7. The van der Waals surface area contributed by atoms with Crippen molar-refractivity contribution in [1.82, 2.24) is 0 Å². The van der Waals surface area contributed by atoms with Gasteiger partial charge in [0.15, 0.2) is 0 Å². The first-order valence-electron chi connectivity index (χ1n) is 8.36. The lowest BCUT2D eigenvalue weighted by molar-refractivity contribution is -0.126. The zero-order chi connectivity index (χ0) is 17.1. The molecule has 23 heavy (non-hydrogen) atoms. The van der Waals surface area contributed by atoms with Gasteiger partial charge in [-0.3, -0.25) is 4.79 Å². The van der Waals surface area contributed by atoms with Gasteiger partial charge < -0.3 is 0 Å². The van der Waals surface area contributed by atoms with Crippen molar-refractivity contribution < 1.29 is 4.79 Å². The van der Waals surface area contributed by atoms with Gasteiger partial charge in [0.25, 0.3) is 0 Å². The Labute approximate surface area is 141 Å². The topological polar surface area (TPSA) is 17.1 Å². The number of carbonyl (C=O) groups is 1. The van der Waals surface area contributed by atoms with Crippen LogP contribution in [0, 0.1) is 5.41 Å². The van der Waals surface area contributed by atoms with Gasteiger partial charge in [-0.1, -0.05) is 99.7 Å². The van der Waals surface area contributed by atoms with Crippen LogP contribution in [-0.4, -0.2) is 13.9 Å². The summed E-state index contributed by atoms with van der Waals surface area (Å²) in [7, 11) is -1.81. The number of rotatable bonds is 5. The van der Waals surface area contributed by atoms with Gasteiger partial charge in [0.2, 0.25) is 0 Å². The van der Waals surface area contributed by atoms with E-state index in [-0.39, 0.29) is 5.41 Å². The smallest absolute Gasteiger partial charge is 0.138 e. The minimum absolute atomic E-state index is 0.284. The summed E-state index contributed by atoms with van der Waals surface area (Å²) in [6, 6.07) is 21.3. The fourth-order valence-electron chi connectivity index (χ4n) is 3.04. The third-order valence-corrected chi connectivity index (χ3v) is 8.92. The highest BCUT2D eigenvalue weighted by molar-refractivity contribution is 6.91. The number of ketones is 1. The lowest BCUT2D eigenvalue weighted by Crippen LogP contribution is -2.49. The van der Waals surface area contributed by atoms with Crippen molar-refractivity contribution in [2.45, 2.75) is 45.8 Å². The maximum Gasteiger partial charge on any atom is 0.138 e. The number of carbonyl (C=O) groups excluding carboxylic acids is 1. The molecule has 0 spiro atoms. The Bertz CT molecular complexity index is 639. The van der Waals surface area contributed by atoms with Crippen LogP contribution in [0.2, 0.25) is 13.1 Å². The first-order valence-corrected chi connectivity index (χ1v) is 11.4. The van der Waals surface area contributed by atoms with Gasteiger partial charge in [0, 0.05) is 11.8 Å². The van der Waals surface area contributed by atoms with Crippen molar-refractivity contribution in [1.29, 1.82) is 0 Å². The Balaban J connectivity index is 2.44. The summed E-state index contributed by atoms with van der Waals surface area (Å²) in [4.78, 5) is 12.7. The Morgan fingerprint density at radius 2 is 1.39 bits per heavy atom. The average Bonchev–Trinajstić information content (AvgIpc) is 2.53. The molecule has 0 bridgehead atoms. The van der Waals surface area contributed by atoms with Crippen molar-refractivity contribution >= 4 is 19.0 Å². The molecule has 2 aromatic rings. The molecule has 122 valence electrons. The molecule has 0 aliphatic carbocycles. The second kappa shape index (κ2) is 6.84. The van der Waals surface area contributed by atoms with E-state index in [4.69, 9.17) is 0 Å². The number of Topliss-reactive ketones (excluding diaryl/α,β-unsaturated/α-hetero) is 1. The molecule has 0 heterocycles. The predicted octanol–water partition coefficient (Wildman–Crippen LogP) is 4.93. The van der Waals surface area contributed by atoms with Crippen molar-refractivity contribution in [2.75, 3.05) is 0 Å². The van der Waals surface area contributed by atoms with Crippen molar-refractivity contribution in [2.24, 2.45) is 5.41 Å². The van der Waals surface area contributed by atoms with E-state index in [2.05, 4.69) is 67.7 Å². The van der Waals surface area contributed by atoms with Crippen LogP contribution in [0.3, 0.4) is 0 Å². The van der Waals surface area contributed by atoms with Gasteiger partial charge in [0.05, 0.1) is 8.07 Å². The molecule has 2 aromatic carbocycles. The number of benzene rings is 2. The molecular weight excluding hydrogens is 296 g/mol. The molecule has 0 fully saturated rings. The van der Waals surface area contributed by atoms with Crippen LogP contribution in [-0.2, 0) is 4.79 Å². The SMILES string of the molecule is CC(C)(C)C(=O)CC(c1ccccc1)[Si](C)(C)c1ccccc1. The molecule has 0 saturated carbocycles. The van der Waals surface area contributed by atoms with Crippen molar-refractivity contribution in [3.8, 4) is 0 Å². The van der Waals surface area contributed by atoms with E-state index in [0.29, 0.717) is 17.7 Å². The van der Waals surface area contributed by atoms with E-state index >= 15 is 0 Å². The summed E-state index contributed by atoms with van der Waals surface area (Å²) in [6.07, 6.45) is 0.627. The number of hydrogen-bond donors (Lipinski definition) is 0. The third-order valence-electron chi connectivity index (χ3n) is 4.82. The third kappa shape index (κ3) is 4.20. The zero-order valence-electron chi connectivity index (χ0n) is 15.0. The van der Waals surface area contributed by atoms with Crippen LogP contribution >= 0.6 is 0 Å². The fraction of sp³-hybridized carbons (Fsp3) is 0.381. The lowest BCUT2D eigenvalue weighted by Gasteiger charge is -2.34. The second-order valence-electron chi connectivity index (χ2n) is 7.93. The largest absolute Gasteiger partial charge is 0.299 e. The van der Waals surface area contributed by atoms with Crippen LogP contribution in [0.1, 0.15) is 38.3 Å². The van der Waals surface area contributed by atoms with E-state index in [9.17, 15) is 4.79 Å². The van der Waals surface area contributed by atoms with Crippen LogP contribution in [0.5, 0.6) is 0 Å². The molecule has 0 saturated heterocycles. The highest BCUT2D eigenvalue weighted by Crippen LogP contribution is 2.33. The second-order valence-corrected chi connectivity index (χ2v) is 12.6. The first-order chi connectivity index (χ1) is 10.7. The minimum atomic E-state index is -1.81. The van der Waals surface area contributed by atoms with Gasteiger partial charge >= 0.3 is 0 Å². The van der Waals surface area contributed by atoms with Gasteiger partial charge in [-0.2, -0.15) is 0 Å². The lowest BCUT2D eigenvalue weighted by atomic mass is 9.87. The first kappa shape index (κ1) is 17.7. The van der Waals surface area contributed by atoms with Crippen molar-refractivity contribution in [3.05, 3.63) is 66.2 Å². The molecule has 0 amide bonds. The molecule has 2 rings (SSSR count). The Morgan fingerprint density at radius 1 is 0.913 bits per heavy atom. The molecule has 2 heteroatoms. The van der Waals surface area contributed by atoms with Gasteiger partial charge in [-0.15, -0.1) is 0 Å². The fourth-order valence-corrected chi connectivity index (χ4v) is 6.21. The summed E-state index contributed by atoms with van der Waals surface area (Å²) in [6.45, 7) is 10.8. The van der Waals surface area contributed by atoms with E-state index < -0.39 is 8.07 Å². The summed E-state index contributed by atoms with van der Waals surface area (Å²) in [5.41, 5.74) is 1.32. The summed E-state index contributed by atoms with van der Waals surface area (Å²) < 4.78 is 0. The molecule has 1 nitrogen and oxygen atoms in total. The number of hydrogen-bond acceptors (Lipinski definition) is 1. The molecule has 1 unspecified atom stereocenters. The Hall–Kier alpha value is -1.67. The summed E-state index contributed by atoms with van der Waals surface area (Å²) in [5.74, 6) is 0.350. The van der Waals surface area contributed by atoms with E-state index in [1.165, 1.54) is 10.8 Å². The average molecular weight is 325 g/mol. The highest BCUT2D eigenvalue weighted by Gasteiger charge is 2.37. The molecule has 1 atom stereocenters. The molecule has 0 aliphatic heterocycles. The monoisotopic (exact) mass is 324 g/mol. The zero-order valence-corrected chi connectivity index (χ0v) is 16.0. The standard InChI is InChI=1S/C21H28OSi/c1-21(2,3)20(22)16-19(17-12-8-6-9-13-17)23(4,5)18-14-10-7-11-15-18/h6-15,19H,16H2,1-5H3. The quantitative estimate of drug-likeness (QED) is 0.713. The highest BCUT2D eigenvalue weighted by atomic mass is 28.3. The van der Waals surface area contributed by atoms with E-state index in [1.54, 1.807) is 0 Å². The molecular formula is C21H28OSi.